The Hall–Kier alpha value is -1.95. The fourth-order valence-electron chi connectivity index (χ4n) is 1.90. The SMILES string of the molecule is CCN(CC)C(=O)CCNCc1ccc([N+](=O)[O-])cc1. The molecule has 6 nitrogen and oxygen atoms in total. The number of nitro groups is 1. The van der Waals surface area contributed by atoms with Gasteiger partial charge in [0.1, 0.15) is 0 Å². The molecule has 1 aromatic rings. The topological polar surface area (TPSA) is 75.5 Å². The molecule has 0 bridgehead atoms. The minimum absolute atomic E-state index is 0.0884. The summed E-state index contributed by atoms with van der Waals surface area (Å²) < 4.78 is 0. The highest BCUT2D eigenvalue weighted by molar-refractivity contribution is 5.76. The van der Waals surface area contributed by atoms with Crippen LogP contribution < -0.4 is 5.32 Å². The number of hydrogen-bond donors (Lipinski definition) is 1. The summed E-state index contributed by atoms with van der Waals surface area (Å²) >= 11 is 0. The first-order chi connectivity index (χ1) is 9.58. The molecule has 0 unspecified atom stereocenters. The molecule has 1 N–H and O–H groups in total. The molecule has 0 atom stereocenters. The van der Waals surface area contributed by atoms with Crippen molar-refractivity contribution in [3.05, 3.63) is 39.9 Å². The van der Waals surface area contributed by atoms with Crippen LogP contribution in [0.25, 0.3) is 0 Å². The molecule has 0 radical (unpaired) electrons. The highest BCUT2D eigenvalue weighted by atomic mass is 16.6. The number of nitrogens with zero attached hydrogens (tertiary/aromatic N) is 2. The molecule has 1 aromatic carbocycles. The lowest BCUT2D eigenvalue weighted by molar-refractivity contribution is -0.384. The van der Waals surface area contributed by atoms with Crippen LogP contribution in [0.3, 0.4) is 0 Å². The molecule has 0 fully saturated rings. The number of non-ortho nitro benzene ring substituents is 1. The third kappa shape index (κ3) is 4.97. The van der Waals surface area contributed by atoms with Crippen LogP contribution in [0.1, 0.15) is 25.8 Å². The maximum atomic E-state index is 11.7. The van der Waals surface area contributed by atoms with Crippen molar-refractivity contribution in [2.24, 2.45) is 0 Å². The van der Waals surface area contributed by atoms with Gasteiger partial charge in [0.15, 0.2) is 0 Å². The van der Waals surface area contributed by atoms with Crippen LogP contribution in [0, 0.1) is 10.1 Å². The Morgan fingerprint density at radius 2 is 1.85 bits per heavy atom. The van der Waals surface area contributed by atoms with Gasteiger partial charge in [0.2, 0.25) is 5.91 Å². The fourth-order valence-corrected chi connectivity index (χ4v) is 1.90. The van der Waals surface area contributed by atoms with Crippen LogP contribution in [0.4, 0.5) is 5.69 Å². The van der Waals surface area contributed by atoms with Crippen molar-refractivity contribution in [3.63, 3.8) is 0 Å². The van der Waals surface area contributed by atoms with E-state index < -0.39 is 4.92 Å². The van der Waals surface area contributed by atoms with E-state index in [0.29, 0.717) is 19.5 Å². The molecule has 0 aliphatic heterocycles. The van der Waals surface area contributed by atoms with Crippen molar-refractivity contribution < 1.29 is 9.72 Å². The van der Waals surface area contributed by atoms with Crippen molar-refractivity contribution in [2.75, 3.05) is 19.6 Å². The van der Waals surface area contributed by atoms with Gasteiger partial charge in [-0.1, -0.05) is 12.1 Å². The van der Waals surface area contributed by atoms with E-state index in [1.165, 1.54) is 12.1 Å². The fraction of sp³-hybridized carbons (Fsp3) is 0.500. The summed E-state index contributed by atoms with van der Waals surface area (Å²) in [7, 11) is 0. The van der Waals surface area contributed by atoms with Gasteiger partial charge in [0.25, 0.3) is 5.69 Å². The largest absolute Gasteiger partial charge is 0.343 e. The molecule has 0 aromatic heterocycles. The second kappa shape index (κ2) is 8.27. The van der Waals surface area contributed by atoms with Gasteiger partial charge in [-0.3, -0.25) is 14.9 Å². The lowest BCUT2D eigenvalue weighted by atomic mass is 10.2. The number of nitro benzene ring substituents is 1. The first-order valence-corrected chi connectivity index (χ1v) is 6.80. The molecule has 1 amide bonds. The summed E-state index contributed by atoms with van der Waals surface area (Å²) in [5.41, 5.74) is 1.05. The highest BCUT2D eigenvalue weighted by Gasteiger charge is 2.08. The van der Waals surface area contributed by atoms with Crippen molar-refractivity contribution in [3.8, 4) is 0 Å². The van der Waals surface area contributed by atoms with Crippen molar-refractivity contribution >= 4 is 11.6 Å². The second-order valence-electron chi connectivity index (χ2n) is 4.42. The normalized spacial score (nSPS) is 10.3. The van der Waals surface area contributed by atoms with E-state index in [2.05, 4.69) is 5.32 Å². The molecular formula is C14H21N3O3. The summed E-state index contributed by atoms with van der Waals surface area (Å²) in [6.45, 7) is 6.60. The van der Waals surface area contributed by atoms with Crippen LogP contribution in [0.15, 0.2) is 24.3 Å². The van der Waals surface area contributed by atoms with Crippen LogP contribution >= 0.6 is 0 Å². The molecule has 110 valence electrons. The zero-order valence-corrected chi connectivity index (χ0v) is 12.0. The standard InChI is InChI=1S/C14H21N3O3/c1-3-16(4-2)14(18)9-10-15-11-12-5-7-13(8-6-12)17(19)20/h5-8,15H,3-4,9-11H2,1-2H3. The minimum Gasteiger partial charge on any atom is -0.343 e. The predicted octanol–water partition coefficient (Wildman–Crippen LogP) is 1.94. The summed E-state index contributed by atoms with van der Waals surface area (Å²) in [6, 6.07) is 6.41. The second-order valence-corrected chi connectivity index (χ2v) is 4.42. The Morgan fingerprint density at radius 1 is 1.25 bits per heavy atom. The maximum absolute atomic E-state index is 11.7. The zero-order chi connectivity index (χ0) is 15.0. The monoisotopic (exact) mass is 279 g/mol. The summed E-state index contributed by atoms with van der Waals surface area (Å²) in [5, 5.41) is 13.7. The molecule has 0 spiro atoms. The number of hydrogen-bond acceptors (Lipinski definition) is 4. The van der Waals surface area contributed by atoms with Gasteiger partial charge in [-0.25, -0.2) is 0 Å². The van der Waals surface area contributed by atoms with Gasteiger partial charge >= 0.3 is 0 Å². The Labute approximate surface area is 118 Å². The Kier molecular flexibility index (Phi) is 6.66. The zero-order valence-electron chi connectivity index (χ0n) is 12.0. The quantitative estimate of drug-likeness (QED) is 0.448. The predicted molar refractivity (Wildman–Crippen MR) is 77.3 cm³/mol. The average molecular weight is 279 g/mol. The number of amides is 1. The molecule has 6 heteroatoms. The highest BCUT2D eigenvalue weighted by Crippen LogP contribution is 2.11. The number of nitrogens with one attached hydrogen (secondary N) is 1. The van der Waals surface area contributed by atoms with Gasteiger partial charge in [-0.15, -0.1) is 0 Å². The molecule has 1 rings (SSSR count). The number of carbonyl (C=O) groups excluding carboxylic acids is 1. The molecular weight excluding hydrogens is 258 g/mol. The van der Waals surface area contributed by atoms with Gasteiger partial charge in [0.05, 0.1) is 4.92 Å². The van der Waals surface area contributed by atoms with E-state index in [0.717, 1.165) is 18.7 Å². The first-order valence-electron chi connectivity index (χ1n) is 6.80. The summed E-state index contributed by atoms with van der Waals surface area (Å²) in [5.74, 6) is 0.145. The van der Waals surface area contributed by atoms with E-state index >= 15 is 0 Å². The molecule has 0 aliphatic rings. The Morgan fingerprint density at radius 3 is 2.35 bits per heavy atom. The van der Waals surface area contributed by atoms with E-state index in [1.54, 1.807) is 17.0 Å². The summed E-state index contributed by atoms with van der Waals surface area (Å²) in [6.07, 6.45) is 0.467. The minimum atomic E-state index is -0.417. The van der Waals surface area contributed by atoms with E-state index in [4.69, 9.17) is 0 Å². The lowest BCUT2D eigenvalue weighted by Gasteiger charge is -2.18. The smallest absolute Gasteiger partial charge is 0.269 e. The first kappa shape index (κ1) is 16.1. The molecule has 0 saturated carbocycles. The van der Waals surface area contributed by atoms with Crippen LogP contribution in [0.2, 0.25) is 0 Å². The number of carbonyl (C=O) groups is 1. The van der Waals surface area contributed by atoms with Crippen molar-refractivity contribution in [1.29, 1.82) is 0 Å². The van der Waals surface area contributed by atoms with E-state index in [9.17, 15) is 14.9 Å². The Balaban J connectivity index is 2.30. The van der Waals surface area contributed by atoms with Gasteiger partial charge < -0.3 is 10.2 Å². The van der Waals surface area contributed by atoms with E-state index in [-0.39, 0.29) is 11.6 Å². The summed E-state index contributed by atoms with van der Waals surface area (Å²) in [4.78, 5) is 23.6. The van der Waals surface area contributed by atoms with Gasteiger partial charge in [-0.05, 0) is 19.4 Å². The molecule has 0 heterocycles. The van der Waals surface area contributed by atoms with Crippen molar-refractivity contribution in [2.45, 2.75) is 26.8 Å². The van der Waals surface area contributed by atoms with Gasteiger partial charge in [0, 0.05) is 44.7 Å². The molecule has 0 aliphatic carbocycles. The maximum Gasteiger partial charge on any atom is 0.269 e. The van der Waals surface area contributed by atoms with Gasteiger partial charge in [-0.2, -0.15) is 0 Å². The van der Waals surface area contributed by atoms with Crippen LogP contribution in [-0.2, 0) is 11.3 Å². The molecule has 0 saturated heterocycles. The van der Waals surface area contributed by atoms with Crippen LogP contribution in [-0.4, -0.2) is 35.4 Å². The lowest BCUT2D eigenvalue weighted by Crippen LogP contribution is -2.32. The van der Waals surface area contributed by atoms with Crippen molar-refractivity contribution in [1.82, 2.24) is 10.2 Å². The third-order valence-corrected chi connectivity index (χ3v) is 3.11. The Bertz CT molecular complexity index is 441. The van der Waals surface area contributed by atoms with Crippen LogP contribution in [0.5, 0.6) is 0 Å². The molecule has 20 heavy (non-hydrogen) atoms. The average Bonchev–Trinajstić information content (AvgIpc) is 2.45. The van der Waals surface area contributed by atoms with E-state index in [1.807, 2.05) is 13.8 Å². The third-order valence-electron chi connectivity index (χ3n) is 3.11. The number of rotatable bonds is 8. The number of benzene rings is 1.